The average Bonchev–Trinajstić information content (AvgIpc) is 2.80. The third-order valence-electron chi connectivity index (χ3n) is 4.09. The lowest BCUT2D eigenvalue weighted by atomic mass is 10.1. The van der Waals surface area contributed by atoms with E-state index in [1.807, 2.05) is 42.8 Å². The molecule has 1 aromatic carbocycles. The normalized spacial score (nSPS) is 10.8. The van der Waals surface area contributed by atoms with Crippen LogP contribution in [0.2, 0.25) is 10.0 Å². The highest BCUT2D eigenvalue weighted by Gasteiger charge is 2.09. The van der Waals surface area contributed by atoms with Crippen molar-refractivity contribution in [2.24, 2.45) is 0 Å². The number of nitrogens with zero attached hydrogens (tertiary/aromatic N) is 3. The number of imidazole rings is 1. The molecule has 7 heteroatoms. The second-order valence-corrected chi connectivity index (χ2v) is 6.46. The summed E-state index contributed by atoms with van der Waals surface area (Å²) >= 11 is 12.1. The highest BCUT2D eigenvalue weighted by atomic mass is 35.5. The number of hydrogen-bond donors (Lipinski definition) is 0. The summed E-state index contributed by atoms with van der Waals surface area (Å²) in [7, 11) is 0. The van der Waals surface area contributed by atoms with Gasteiger partial charge in [-0.15, -0.1) is 12.4 Å². The Balaban J connectivity index is 0.00000208. The van der Waals surface area contributed by atoms with Crippen molar-refractivity contribution in [2.45, 2.75) is 33.2 Å². The van der Waals surface area contributed by atoms with Gasteiger partial charge in [-0.25, -0.2) is 4.98 Å². The molecule has 128 valence electrons. The Kier molecular flexibility index (Phi) is 5.97. The van der Waals surface area contributed by atoms with E-state index < -0.39 is 0 Å². The van der Waals surface area contributed by atoms with Crippen LogP contribution in [-0.4, -0.2) is 14.0 Å². The van der Waals surface area contributed by atoms with Crippen LogP contribution in [0.1, 0.15) is 23.4 Å². The van der Waals surface area contributed by atoms with Crippen molar-refractivity contribution in [3.63, 3.8) is 0 Å². The maximum Gasteiger partial charge on any atom is 0.294 e. The summed E-state index contributed by atoms with van der Waals surface area (Å²) in [6.07, 6.45) is 5.31. The van der Waals surface area contributed by atoms with Crippen molar-refractivity contribution < 1.29 is 0 Å². The molecule has 0 aliphatic carbocycles. The topological polar surface area (TPSA) is 39.3 Å². The summed E-state index contributed by atoms with van der Waals surface area (Å²) < 4.78 is 3.54. The summed E-state index contributed by atoms with van der Waals surface area (Å²) in [5, 5.41) is 1.30. The number of hydrogen-bond acceptors (Lipinski definition) is 2. The van der Waals surface area contributed by atoms with Gasteiger partial charge in [0.2, 0.25) is 5.65 Å². The summed E-state index contributed by atoms with van der Waals surface area (Å²) in [4.78, 5) is 16.8. The first-order chi connectivity index (χ1) is 11.0. The van der Waals surface area contributed by atoms with Gasteiger partial charge in [-0.3, -0.25) is 9.20 Å². The number of aromatic nitrogens is 3. The van der Waals surface area contributed by atoms with Crippen molar-refractivity contribution >= 4 is 41.3 Å². The van der Waals surface area contributed by atoms with Crippen molar-refractivity contribution in [1.29, 1.82) is 0 Å². The van der Waals surface area contributed by atoms with E-state index in [0.29, 0.717) is 22.2 Å². The van der Waals surface area contributed by atoms with Crippen LogP contribution < -0.4 is 5.56 Å². The fourth-order valence-electron chi connectivity index (χ4n) is 2.64. The molecule has 2 heterocycles. The zero-order chi connectivity index (χ0) is 16.6. The Morgan fingerprint density at radius 3 is 2.62 bits per heavy atom. The van der Waals surface area contributed by atoms with Crippen LogP contribution in [-0.2, 0) is 13.0 Å². The number of aryl methyl sites for hydroxylation is 4. The third-order valence-corrected chi connectivity index (χ3v) is 4.68. The van der Waals surface area contributed by atoms with Crippen molar-refractivity contribution in [1.82, 2.24) is 14.0 Å². The summed E-state index contributed by atoms with van der Waals surface area (Å²) in [6.45, 7) is 4.50. The molecule has 3 aromatic rings. The van der Waals surface area contributed by atoms with Gasteiger partial charge in [0.15, 0.2) is 0 Å². The van der Waals surface area contributed by atoms with Crippen molar-refractivity contribution in [3.8, 4) is 0 Å². The van der Waals surface area contributed by atoms with Gasteiger partial charge in [-0.1, -0.05) is 29.3 Å². The molecule has 0 saturated carbocycles. The van der Waals surface area contributed by atoms with Gasteiger partial charge in [0.25, 0.3) is 5.56 Å². The van der Waals surface area contributed by atoms with Crippen LogP contribution in [0.25, 0.3) is 5.65 Å². The summed E-state index contributed by atoms with van der Waals surface area (Å²) in [6, 6.07) is 5.50. The molecule has 0 spiro atoms. The minimum atomic E-state index is -0.0640. The van der Waals surface area contributed by atoms with E-state index in [0.717, 1.165) is 29.8 Å². The zero-order valence-corrected chi connectivity index (χ0v) is 15.8. The molecule has 0 saturated heterocycles. The molecule has 0 amide bonds. The number of fused-ring (bicyclic) bond motifs is 1. The van der Waals surface area contributed by atoms with Gasteiger partial charge in [0.1, 0.15) is 0 Å². The predicted octanol–water partition coefficient (Wildman–Crippen LogP) is 4.47. The molecule has 24 heavy (non-hydrogen) atoms. The third kappa shape index (κ3) is 3.61. The predicted molar refractivity (Wildman–Crippen MR) is 101 cm³/mol. The molecule has 0 N–H and O–H groups in total. The molecule has 0 fully saturated rings. The van der Waals surface area contributed by atoms with E-state index in [9.17, 15) is 4.79 Å². The first kappa shape index (κ1) is 18.8. The van der Waals surface area contributed by atoms with Crippen molar-refractivity contribution in [2.75, 3.05) is 0 Å². The molecular formula is C17H18Cl3N3O. The zero-order valence-electron chi connectivity index (χ0n) is 13.4. The number of benzene rings is 1. The lowest BCUT2D eigenvalue weighted by Gasteiger charge is -2.08. The fourth-order valence-corrected chi connectivity index (χ4v) is 3.15. The standard InChI is InChI=1S/C17H17Cl2N3O.ClH/c1-11-12(2)22-9-8-21(17(23)16(22)20-11)7-3-4-13-5-6-14(18)10-15(13)19;/h5-6,8-10H,3-4,7H2,1-2H3;1H. The van der Waals surface area contributed by atoms with E-state index in [4.69, 9.17) is 23.2 Å². The highest BCUT2D eigenvalue weighted by molar-refractivity contribution is 6.35. The van der Waals surface area contributed by atoms with Crippen LogP contribution in [0.4, 0.5) is 0 Å². The highest BCUT2D eigenvalue weighted by Crippen LogP contribution is 2.22. The Morgan fingerprint density at radius 1 is 1.17 bits per heavy atom. The quantitative estimate of drug-likeness (QED) is 0.663. The van der Waals surface area contributed by atoms with Crippen LogP contribution in [0.15, 0.2) is 35.4 Å². The molecule has 0 aliphatic rings. The van der Waals surface area contributed by atoms with Crippen LogP contribution in [0, 0.1) is 13.8 Å². The Hall–Kier alpha value is -1.49. The number of rotatable bonds is 4. The second kappa shape index (κ2) is 7.60. The smallest absolute Gasteiger partial charge is 0.294 e. The van der Waals surface area contributed by atoms with Crippen LogP contribution in [0.5, 0.6) is 0 Å². The largest absolute Gasteiger partial charge is 0.311 e. The molecule has 4 nitrogen and oxygen atoms in total. The second-order valence-electron chi connectivity index (χ2n) is 5.61. The average molecular weight is 387 g/mol. The summed E-state index contributed by atoms with van der Waals surface area (Å²) in [5.41, 5.74) is 3.33. The van der Waals surface area contributed by atoms with Gasteiger partial charge < -0.3 is 4.57 Å². The molecular weight excluding hydrogens is 369 g/mol. The molecule has 0 radical (unpaired) electrons. The van der Waals surface area contributed by atoms with E-state index in [-0.39, 0.29) is 18.0 Å². The monoisotopic (exact) mass is 385 g/mol. The minimum Gasteiger partial charge on any atom is -0.311 e. The first-order valence-electron chi connectivity index (χ1n) is 7.46. The molecule has 2 aromatic heterocycles. The Labute approximate surface area is 156 Å². The lowest BCUT2D eigenvalue weighted by molar-refractivity contribution is 0.619. The van der Waals surface area contributed by atoms with Gasteiger partial charge in [-0.05, 0) is 44.4 Å². The minimum absolute atomic E-state index is 0. The fraction of sp³-hybridized carbons (Fsp3) is 0.294. The maximum absolute atomic E-state index is 12.5. The molecule has 0 aliphatic heterocycles. The Morgan fingerprint density at radius 2 is 1.92 bits per heavy atom. The van der Waals surface area contributed by atoms with Gasteiger partial charge >= 0.3 is 0 Å². The molecule has 0 bridgehead atoms. The van der Waals surface area contributed by atoms with E-state index in [1.165, 1.54) is 0 Å². The summed E-state index contributed by atoms with van der Waals surface area (Å²) in [5.74, 6) is 0. The van der Waals surface area contributed by atoms with Crippen LogP contribution >= 0.6 is 35.6 Å². The van der Waals surface area contributed by atoms with Gasteiger partial charge in [0, 0.05) is 34.7 Å². The molecule has 0 atom stereocenters. The van der Waals surface area contributed by atoms with E-state index in [2.05, 4.69) is 4.98 Å². The van der Waals surface area contributed by atoms with Crippen LogP contribution in [0.3, 0.4) is 0 Å². The lowest BCUT2D eigenvalue weighted by Crippen LogP contribution is -2.22. The number of halogens is 3. The maximum atomic E-state index is 12.5. The molecule has 3 rings (SSSR count). The Bertz CT molecular complexity index is 931. The molecule has 0 unspecified atom stereocenters. The van der Waals surface area contributed by atoms with Gasteiger partial charge in [-0.2, -0.15) is 0 Å². The van der Waals surface area contributed by atoms with Gasteiger partial charge in [0.05, 0.1) is 5.69 Å². The first-order valence-corrected chi connectivity index (χ1v) is 8.21. The SMILES string of the molecule is Cc1nc2c(=O)n(CCCc3ccc(Cl)cc3Cl)ccn2c1C.Cl. The van der Waals surface area contributed by atoms with E-state index in [1.54, 1.807) is 10.6 Å². The van der Waals surface area contributed by atoms with E-state index >= 15 is 0 Å². The van der Waals surface area contributed by atoms with Crippen molar-refractivity contribution in [3.05, 3.63) is 67.9 Å².